The van der Waals surface area contributed by atoms with E-state index in [0.29, 0.717) is 0 Å². The fourth-order valence-corrected chi connectivity index (χ4v) is 1.30. The number of hydrogen-bond donors (Lipinski definition) is 1. The summed E-state index contributed by atoms with van der Waals surface area (Å²) in [6.45, 7) is 2.08. The Morgan fingerprint density at radius 1 is 1.38 bits per heavy atom. The first-order chi connectivity index (χ1) is 5.74. The van der Waals surface area contributed by atoms with Gasteiger partial charge in [0.05, 0.1) is 0 Å². The molecule has 0 aliphatic heterocycles. The smallest absolute Gasteiger partial charge is 0.0438 e. The van der Waals surface area contributed by atoms with Gasteiger partial charge in [0.2, 0.25) is 0 Å². The standard InChI is InChI=1S/C10H14ClN.ClH/c1-2-9(12)7-8-5-3-4-6-10(8)11;/h3-6,9H,2,7,12H2,1H3;1H. The maximum Gasteiger partial charge on any atom is 0.0438 e. The lowest BCUT2D eigenvalue weighted by atomic mass is 10.1. The normalized spacial score (nSPS) is 11.9. The maximum atomic E-state index is 5.97. The highest BCUT2D eigenvalue weighted by molar-refractivity contribution is 6.31. The zero-order chi connectivity index (χ0) is 8.97. The minimum atomic E-state index is 0. The zero-order valence-corrected chi connectivity index (χ0v) is 9.24. The molecular formula is C10H15Cl2N. The van der Waals surface area contributed by atoms with Crippen LogP contribution < -0.4 is 5.73 Å². The van der Waals surface area contributed by atoms with Crippen molar-refractivity contribution in [1.29, 1.82) is 0 Å². The van der Waals surface area contributed by atoms with Crippen LogP contribution in [0, 0.1) is 0 Å². The zero-order valence-electron chi connectivity index (χ0n) is 7.66. The lowest BCUT2D eigenvalue weighted by molar-refractivity contribution is 0.646. The summed E-state index contributed by atoms with van der Waals surface area (Å²) < 4.78 is 0. The summed E-state index contributed by atoms with van der Waals surface area (Å²) in [7, 11) is 0. The van der Waals surface area contributed by atoms with E-state index in [0.717, 1.165) is 23.4 Å². The van der Waals surface area contributed by atoms with Gasteiger partial charge >= 0.3 is 0 Å². The number of rotatable bonds is 3. The van der Waals surface area contributed by atoms with Crippen LogP contribution in [0.25, 0.3) is 0 Å². The summed E-state index contributed by atoms with van der Waals surface area (Å²) in [5, 5.41) is 0.821. The van der Waals surface area contributed by atoms with Crippen molar-refractivity contribution in [3.05, 3.63) is 34.9 Å². The molecule has 0 saturated heterocycles. The van der Waals surface area contributed by atoms with Crippen molar-refractivity contribution in [3.63, 3.8) is 0 Å². The molecule has 74 valence electrons. The second-order valence-corrected chi connectivity index (χ2v) is 3.37. The van der Waals surface area contributed by atoms with Crippen LogP contribution in [0.2, 0.25) is 5.02 Å². The Morgan fingerprint density at radius 3 is 2.54 bits per heavy atom. The number of nitrogens with two attached hydrogens (primary N) is 1. The van der Waals surface area contributed by atoms with Crippen molar-refractivity contribution in [3.8, 4) is 0 Å². The Bertz CT molecular complexity index is 250. The average Bonchev–Trinajstić information content (AvgIpc) is 2.09. The van der Waals surface area contributed by atoms with E-state index in [1.165, 1.54) is 0 Å². The summed E-state index contributed by atoms with van der Waals surface area (Å²) in [4.78, 5) is 0. The van der Waals surface area contributed by atoms with E-state index in [-0.39, 0.29) is 18.4 Å². The van der Waals surface area contributed by atoms with Crippen LogP contribution in [-0.2, 0) is 6.42 Å². The fraction of sp³-hybridized carbons (Fsp3) is 0.400. The molecule has 0 bridgehead atoms. The summed E-state index contributed by atoms with van der Waals surface area (Å²) in [6.07, 6.45) is 1.86. The largest absolute Gasteiger partial charge is 0.327 e. The van der Waals surface area contributed by atoms with Gasteiger partial charge in [0.1, 0.15) is 0 Å². The van der Waals surface area contributed by atoms with Crippen molar-refractivity contribution in [2.45, 2.75) is 25.8 Å². The number of hydrogen-bond acceptors (Lipinski definition) is 1. The molecule has 1 aromatic rings. The first-order valence-corrected chi connectivity index (χ1v) is 4.60. The van der Waals surface area contributed by atoms with Gasteiger partial charge in [-0.1, -0.05) is 36.7 Å². The molecule has 0 amide bonds. The fourth-order valence-electron chi connectivity index (χ4n) is 1.09. The van der Waals surface area contributed by atoms with Crippen molar-refractivity contribution < 1.29 is 0 Å². The van der Waals surface area contributed by atoms with E-state index in [2.05, 4.69) is 6.92 Å². The van der Waals surface area contributed by atoms with Gasteiger partial charge in [0.25, 0.3) is 0 Å². The number of halogens is 2. The molecule has 0 aliphatic rings. The molecule has 13 heavy (non-hydrogen) atoms. The molecule has 1 rings (SSSR count). The Morgan fingerprint density at radius 2 is 2.00 bits per heavy atom. The molecular weight excluding hydrogens is 205 g/mol. The van der Waals surface area contributed by atoms with Crippen molar-refractivity contribution in [2.75, 3.05) is 0 Å². The van der Waals surface area contributed by atoms with Crippen molar-refractivity contribution in [1.82, 2.24) is 0 Å². The molecule has 0 aliphatic carbocycles. The van der Waals surface area contributed by atoms with Crippen LogP contribution in [0.1, 0.15) is 18.9 Å². The van der Waals surface area contributed by atoms with Crippen LogP contribution in [0.5, 0.6) is 0 Å². The maximum absolute atomic E-state index is 5.97. The van der Waals surface area contributed by atoms with Gasteiger partial charge in [0.15, 0.2) is 0 Å². The Balaban J connectivity index is 0.00000144. The molecule has 0 fully saturated rings. The molecule has 1 atom stereocenters. The Labute approximate surface area is 90.7 Å². The van der Waals surface area contributed by atoms with Crippen LogP contribution in [0.15, 0.2) is 24.3 Å². The second-order valence-electron chi connectivity index (χ2n) is 2.96. The third kappa shape index (κ3) is 3.99. The van der Waals surface area contributed by atoms with E-state index < -0.39 is 0 Å². The first-order valence-electron chi connectivity index (χ1n) is 4.23. The van der Waals surface area contributed by atoms with Crippen molar-refractivity contribution in [2.24, 2.45) is 5.73 Å². The predicted molar refractivity (Wildman–Crippen MR) is 60.7 cm³/mol. The monoisotopic (exact) mass is 219 g/mol. The number of benzene rings is 1. The Kier molecular flexibility index (Phi) is 6.13. The van der Waals surface area contributed by atoms with Crippen LogP contribution in [0.3, 0.4) is 0 Å². The van der Waals surface area contributed by atoms with Gasteiger partial charge in [-0.05, 0) is 24.5 Å². The highest BCUT2D eigenvalue weighted by Gasteiger charge is 2.03. The molecule has 1 nitrogen and oxygen atoms in total. The van der Waals surface area contributed by atoms with E-state index in [9.17, 15) is 0 Å². The van der Waals surface area contributed by atoms with Crippen LogP contribution in [0.4, 0.5) is 0 Å². The van der Waals surface area contributed by atoms with Crippen LogP contribution >= 0.6 is 24.0 Å². The quantitative estimate of drug-likeness (QED) is 0.832. The summed E-state index contributed by atoms with van der Waals surface area (Å²) >= 11 is 5.97. The SMILES string of the molecule is CCC(N)Cc1ccccc1Cl.Cl. The summed E-state index contributed by atoms with van der Waals surface area (Å²) in [5.41, 5.74) is 6.96. The topological polar surface area (TPSA) is 26.0 Å². The van der Waals surface area contributed by atoms with Gasteiger partial charge in [-0.2, -0.15) is 0 Å². The third-order valence-corrected chi connectivity index (χ3v) is 2.33. The van der Waals surface area contributed by atoms with Gasteiger partial charge < -0.3 is 5.73 Å². The van der Waals surface area contributed by atoms with Gasteiger partial charge in [-0.25, -0.2) is 0 Å². The average molecular weight is 220 g/mol. The minimum Gasteiger partial charge on any atom is -0.327 e. The van der Waals surface area contributed by atoms with Gasteiger partial charge in [-0.15, -0.1) is 12.4 Å². The molecule has 2 N–H and O–H groups in total. The molecule has 0 aromatic heterocycles. The highest BCUT2D eigenvalue weighted by atomic mass is 35.5. The summed E-state index contributed by atoms with van der Waals surface area (Å²) in [5.74, 6) is 0. The minimum absolute atomic E-state index is 0. The van der Waals surface area contributed by atoms with E-state index in [1.807, 2.05) is 24.3 Å². The lowest BCUT2D eigenvalue weighted by Crippen LogP contribution is -2.21. The highest BCUT2D eigenvalue weighted by Crippen LogP contribution is 2.16. The molecule has 3 heteroatoms. The molecule has 0 saturated carbocycles. The van der Waals surface area contributed by atoms with Crippen molar-refractivity contribution >= 4 is 24.0 Å². The van der Waals surface area contributed by atoms with E-state index in [1.54, 1.807) is 0 Å². The molecule has 0 radical (unpaired) electrons. The molecule has 0 heterocycles. The molecule has 1 unspecified atom stereocenters. The van der Waals surface area contributed by atoms with Crippen LogP contribution in [-0.4, -0.2) is 6.04 Å². The molecule has 0 spiro atoms. The van der Waals surface area contributed by atoms with E-state index in [4.69, 9.17) is 17.3 Å². The second kappa shape index (κ2) is 6.25. The van der Waals surface area contributed by atoms with Gasteiger partial charge in [-0.3, -0.25) is 0 Å². The predicted octanol–water partition coefficient (Wildman–Crippen LogP) is 3.04. The third-order valence-electron chi connectivity index (χ3n) is 1.96. The first kappa shape index (κ1) is 12.8. The molecule has 1 aromatic carbocycles. The van der Waals surface area contributed by atoms with E-state index >= 15 is 0 Å². The Hall–Kier alpha value is -0.240. The lowest BCUT2D eigenvalue weighted by Gasteiger charge is -2.09. The van der Waals surface area contributed by atoms with Gasteiger partial charge in [0, 0.05) is 11.1 Å². The summed E-state index contributed by atoms with van der Waals surface area (Å²) in [6, 6.07) is 8.08.